The number of imide groups is 1. The van der Waals surface area contributed by atoms with Gasteiger partial charge in [-0.05, 0) is 87.4 Å². The van der Waals surface area contributed by atoms with Gasteiger partial charge in [0, 0.05) is 37.4 Å². The molecule has 3 heterocycles. The molecule has 4 saturated carbocycles. The fraction of sp³-hybridized carbons (Fsp3) is 0.870. The van der Waals surface area contributed by atoms with Gasteiger partial charge in [0.15, 0.2) is 0 Å². The molecule has 152 valence electrons. The zero-order valence-corrected chi connectivity index (χ0v) is 16.8. The van der Waals surface area contributed by atoms with E-state index in [1.807, 2.05) is 0 Å². The van der Waals surface area contributed by atoms with Gasteiger partial charge >= 0.3 is 0 Å². The SMILES string of the molecule is O=C1CCC(=O)N1C1CC2CCC(C1)N2C(=O)CC12CC3CC(CC(C3)C1)C2. The van der Waals surface area contributed by atoms with E-state index in [1.54, 1.807) is 4.90 Å². The quantitative estimate of drug-likeness (QED) is 0.702. The Morgan fingerprint density at radius 2 is 1.29 bits per heavy atom. The average Bonchev–Trinajstić information content (AvgIpc) is 3.09. The predicted octanol–water partition coefficient (Wildman–Crippen LogP) is 3.26. The molecule has 7 fully saturated rings. The second-order valence-corrected chi connectivity index (χ2v) is 11.1. The lowest BCUT2D eigenvalue weighted by Gasteiger charge is -2.57. The number of piperidine rings is 1. The minimum atomic E-state index is 0.00254. The number of likely N-dealkylation sites (tertiary alicyclic amines) is 1. The van der Waals surface area contributed by atoms with Crippen LogP contribution in [0.1, 0.15) is 83.5 Å². The molecule has 0 radical (unpaired) electrons. The van der Waals surface area contributed by atoms with Crippen LogP contribution in [0.2, 0.25) is 0 Å². The number of fused-ring (bicyclic) bond motifs is 2. The number of hydrogen-bond donors (Lipinski definition) is 0. The Morgan fingerprint density at radius 1 is 0.786 bits per heavy atom. The molecule has 7 rings (SSSR count). The van der Waals surface area contributed by atoms with Crippen molar-refractivity contribution in [2.75, 3.05) is 0 Å². The summed E-state index contributed by atoms with van der Waals surface area (Å²) in [6.45, 7) is 0. The van der Waals surface area contributed by atoms with Crippen molar-refractivity contribution in [2.45, 2.75) is 102 Å². The minimum Gasteiger partial charge on any atom is -0.337 e. The lowest BCUT2D eigenvalue weighted by atomic mass is 9.49. The number of rotatable bonds is 3. The minimum absolute atomic E-state index is 0.00254. The van der Waals surface area contributed by atoms with Gasteiger partial charge in [0.05, 0.1) is 0 Å². The highest BCUT2D eigenvalue weighted by molar-refractivity contribution is 6.02. The summed E-state index contributed by atoms with van der Waals surface area (Å²) in [7, 11) is 0. The summed E-state index contributed by atoms with van der Waals surface area (Å²) in [5.74, 6) is 3.04. The number of carbonyl (C=O) groups excluding carboxylic acids is 3. The van der Waals surface area contributed by atoms with E-state index in [4.69, 9.17) is 0 Å². The Bertz CT molecular complexity index is 666. The molecule has 0 aromatic heterocycles. The molecule has 5 nitrogen and oxygen atoms in total. The highest BCUT2D eigenvalue weighted by Gasteiger charge is 2.54. The van der Waals surface area contributed by atoms with Crippen molar-refractivity contribution in [3.05, 3.63) is 0 Å². The van der Waals surface area contributed by atoms with Crippen molar-refractivity contribution in [1.82, 2.24) is 9.80 Å². The maximum Gasteiger partial charge on any atom is 0.229 e. The summed E-state index contributed by atoms with van der Waals surface area (Å²) < 4.78 is 0. The third-order valence-corrected chi connectivity index (χ3v) is 9.14. The lowest BCUT2D eigenvalue weighted by Crippen LogP contribution is -2.55. The molecular formula is C23H32N2O3. The number of carbonyl (C=O) groups is 3. The summed E-state index contributed by atoms with van der Waals surface area (Å²) in [5, 5.41) is 0. The van der Waals surface area contributed by atoms with E-state index < -0.39 is 0 Å². The molecule has 7 aliphatic rings. The third kappa shape index (κ3) is 2.60. The van der Waals surface area contributed by atoms with Crippen LogP contribution in [0.25, 0.3) is 0 Å². The van der Waals surface area contributed by atoms with Gasteiger partial charge in [0.2, 0.25) is 17.7 Å². The molecule has 3 aliphatic heterocycles. The van der Waals surface area contributed by atoms with Crippen molar-refractivity contribution >= 4 is 17.7 Å². The van der Waals surface area contributed by atoms with Gasteiger partial charge in [-0.25, -0.2) is 0 Å². The fourth-order valence-corrected chi connectivity index (χ4v) is 8.69. The van der Waals surface area contributed by atoms with Gasteiger partial charge < -0.3 is 4.90 Å². The second kappa shape index (κ2) is 6.06. The standard InChI is InChI=1S/C23H32N2O3/c26-20-3-4-21(27)25(20)19-8-17-1-2-18(9-19)24(17)22(28)13-23-10-14-5-15(11-23)7-16(6-14)12-23/h14-19H,1-13H2. The number of hydrogen-bond acceptors (Lipinski definition) is 3. The maximum atomic E-state index is 13.5. The summed E-state index contributed by atoms with van der Waals surface area (Å²) in [6.07, 6.45) is 13.3. The molecule has 4 aliphatic carbocycles. The first-order chi connectivity index (χ1) is 13.5. The van der Waals surface area contributed by atoms with Crippen LogP contribution in [-0.4, -0.2) is 45.6 Å². The maximum absolute atomic E-state index is 13.5. The zero-order chi connectivity index (χ0) is 19.0. The molecule has 0 N–H and O–H groups in total. The summed E-state index contributed by atoms with van der Waals surface area (Å²) >= 11 is 0. The van der Waals surface area contributed by atoms with Crippen molar-refractivity contribution < 1.29 is 14.4 Å². The van der Waals surface area contributed by atoms with E-state index in [0.717, 1.165) is 49.9 Å². The molecule has 5 heteroatoms. The monoisotopic (exact) mass is 384 g/mol. The Morgan fingerprint density at radius 3 is 1.79 bits per heavy atom. The van der Waals surface area contributed by atoms with E-state index in [9.17, 15) is 14.4 Å². The fourth-order valence-electron chi connectivity index (χ4n) is 8.69. The molecule has 6 bridgehead atoms. The normalized spacial score (nSPS) is 46.7. The highest BCUT2D eigenvalue weighted by atomic mass is 16.2. The van der Waals surface area contributed by atoms with Gasteiger partial charge in [-0.1, -0.05) is 0 Å². The van der Waals surface area contributed by atoms with Gasteiger partial charge in [-0.3, -0.25) is 19.3 Å². The van der Waals surface area contributed by atoms with Crippen molar-refractivity contribution in [2.24, 2.45) is 23.2 Å². The third-order valence-electron chi connectivity index (χ3n) is 9.14. The first-order valence-corrected chi connectivity index (χ1v) is 11.7. The average molecular weight is 385 g/mol. The molecule has 0 aromatic carbocycles. The molecular weight excluding hydrogens is 352 g/mol. The predicted molar refractivity (Wildman–Crippen MR) is 103 cm³/mol. The summed E-state index contributed by atoms with van der Waals surface area (Å²) in [5.41, 5.74) is 0.295. The van der Waals surface area contributed by atoms with E-state index in [0.29, 0.717) is 24.2 Å². The van der Waals surface area contributed by atoms with Crippen molar-refractivity contribution in [1.29, 1.82) is 0 Å². The van der Waals surface area contributed by atoms with Crippen molar-refractivity contribution in [3.8, 4) is 0 Å². The second-order valence-electron chi connectivity index (χ2n) is 11.1. The highest BCUT2D eigenvalue weighted by Crippen LogP contribution is 2.61. The van der Waals surface area contributed by atoms with Gasteiger partial charge in [0.25, 0.3) is 0 Å². The molecule has 2 atom stereocenters. The Hall–Kier alpha value is -1.39. The number of nitrogens with zero attached hydrogens (tertiary/aromatic N) is 2. The zero-order valence-electron chi connectivity index (χ0n) is 16.8. The molecule has 2 unspecified atom stereocenters. The van der Waals surface area contributed by atoms with Gasteiger partial charge in [-0.15, -0.1) is 0 Å². The largest absolute Gasteiger partial charge is 0.337 e. The van der Waals surface area contributed by atoms with Crippen LogP contribution in [0.4, 0.5) is 0 Å². The molecule has 3 amide bonds. The van der Waals surface area contributed by atoms with Crippen LogP contribution in [0.5, 0.6) is 0 Å². The van der Waals surface area contributed by atoms with Crippen LogP contribution < -0.4 is 0 Å². The Balaban J connectivity index is 1.16. The van der Waals surface area contributed by atoms with Crippen LogP contribution in [0.15, 0.2) is 0 Å². The molecule has 0 aromatic rings. The van der Waals surface area contributed by atoms with E-state index in [1.165, 1.54) is 38.5 Å². The van der Waals surface area contributed by atoms with Crippen LogP contribution >= 0.6 is 0 Å². The van der Waals surface area contributed by atoms with E-state index in [2.05, 4.69) is 4.90 Å². The smallest absolute Gasteiger partial charge is 0.229 e. The van der Waals surface area contributed by atoms with Crippen LogP contribution in [0.3, 0.4) is 0 Å². The van der Waals surface area contributed by atoms with Gasteiger partial charge in [-0.2, -0.15) is 0 Å². The molecule has 3 saturated heterocycles. The molecule has 0 spiro atoms. The summed E-state index contributed by atoms with van der Waals surface area (Å²) in [6, 6.07) is 0.515. The van der Waals surface area contributed by atoms with Gasteiger partial charge in [0.1, 0.15) is 0 Å². The first-order valence-electron chi connectivity index (χ1n) is 11.7. The molecule has 28 heavy (non-hydrogen) atoms. The topological polar surface area (TPSA) is 57.7 Å². The Labute approximate surface area is 167 Å². The van der Waals surface area contributed by atoms with E-state index >= 15 is 0 Å². The Kier molecular flexibility index (Phi) is 3.78. The van der Waals surface area contributed by atoms with Crippen LogP contribution in [-0.2, 0) is 14.4 Å². The van der Waals surface area contributed by atoms with Crippen LogP contribution in [0, 0.1) is 23.2 Å². The lowest BCUT2D eigenvalue weighted by molar-refractivity contribution is -0.147. The van der Waals surface area contributed by atoms with Crippen molar-refractivity contribution in [3.63, 3.8) is 0 Å². The van der Waals surface area contributed by atoms with E-state index in [-0.39, 0.29) is 29.9 Å². The summed E-state index contributed by atoms with van der Waals surface area (Å²) in [4.78, 5) is 41.6. The number of amides is 3. The first kappa shape index (κ1) is 17.5.